The Labute approximate surface area is 123 Å². The summed E-state index contributed by atoms with van der Waals surface area (Å²) in [5.41, 5.74) is 0.636. The number of hydrogen-bond acceptors (Lipinski definition) is 4. The zero-order valence-electron chi connectivity index (χ0n) is 10.5. The SMILES string of the molecule is O=C(Cc1ccc(Br)cc1F)c1cn(C2CNC2)nn1. The van der Waals surface area contributed by atoms with Crippen LogP contribution in [0.15, 0.2) is 28.9 Å². The molecule has 0 aliphatic carbocycles. The molecule has 2 aromatic rings. The fourth-order valence-corrected chi connectivity index (χ4v) is 2.31. The molecule has 0 unspecified atom stereocenters. The van der Waals surface area contributed by atoms with Gasteiger partial charge in [-0.2, -0.15) is 0 Å². The van der Waals surface area contributed by atoms with Gasteiger partial charge in [0.15, 0.2) is 5.78 Å². The molecule has 0 atom stereocenters. The van der Waals surface area contributed by atoms with E-state index in [4.69, 9.17) is 0 Å². The second-order valence-corrected chi connectivity index (χ2v) is 5.65. The number of ketones is 1. The first-order valence-corrected chi connectivity index (χ1v) is 7.02. The van der Waals surface area contributed by atoms with E-state index in [2.05, 4.69) is 31.6 Å². The lowest BCUT2D eigenvalue weighted by molar-refractivity contribution is 0.0987. The topological polar surface area (TPSA) is 59.8 Å². The molecule has 7 heteroatoms. The Bertz CT molecular complexity index is 654. The molecule has 1 fully saturated rings. The molecule has 2 heterocycles. The van der Waals surface area contributed by atoms with Gasteiger partial charge in [-0.3, -0.25) is 4.79 Å². The average molecular weight is 339 g/mol. The Hall–Kier alpha value is -1.60. The van der Waals surface area contributed by atoms with Crippen molar-refractivity contribution in [2.75, 3.05) is 13.1 Å². The third kappa shape index (κ3) is 2.64. The molecule has 1 aliphatic rings. The number of Topliss-reactive ketones (excluding diaryl/α,β-unsaturated/α-hetero) is 1. The van der Waals surface area contributed by atoms with Crippen molar-refractivity contribution in [3.05, 3.63) is 45.9 Å². The fraction of sp³-hybridized carbons (Fsp3) is 0.308. The van der Waals surface area contributed by atoms with Crippen molar-refractivity contribution in [1.82, 2.24) is 20.3 Å². The number of rotatable bonds is 4. The zero-order chi connectivity index (χ0) is 14.1. The minimum atomic E-state index is -0.400. The van der Waals surface area contributed by atoms with Crippen LogP contribution in [0.25, 0.3) is 0 Å². The van der Waals surface area contributed by atoms with Gasteiger partial charge >= 0.3 is 0 Å². The van der Waals surface area contributed by atoms with Crippen molar-refractivity contribution in [2.24, 2.45) is 0 Å². The van der Waals surface area contributed by atoms with Crippen LogP contribution >= 0.6 is 15.9 Å². The van der Waals surface area contributed by atoms with Crippen molar-refractivity contribution in [3.63, 3.8) is 0 Å². The molecule has 1 aromatic heterocycles. The quantitative estimate of drug-likeness (QED) is 0.863. The number of benzene rings is 1. The van der Waals surface area contributed by atoms with E-state index in [0.29, 0.717) is 10.0 Å². The summed E-state index contributed by atoms with van der Waals surface area (Å²) in [6.07, 6.45) is 1.62. The molecule has 1 aromatic carbocycles. The number of hydrogen-bond donors (Lipinski definition) is 1. The Balaban J connectivity index is 1.73. The maximum atomic E-state index is 13.7. The van der Waals surface area contributed by atoms with Gasteiger partial charge in [0.2, 0.25) is 0 Å². The normalized spacial score (nSPS) is 15.1. The van der Waals surface area contributed by atoms with Gasteiger partial charge in [0.1, 0.15) is 11.5 Å². The molecule has 0 saturated carbocycles. The Morgan fingerprint density at radius 2 is 2.30 bits per heavy atom. The highest BCUT2D eigenvalue weighted by Crippen LogP contribution is 2.17. The van der Waals surface area contributed by atoms with Gasteiger partial charge in [-0.1, -0.05) is 27.2 Å². The molecule has 104 valence electrons. The van der Waals surface area contributed by atoms with Gasteiger partial charge < -0.3 is 5.32 Å². The van der Waals surface area contributed by atoms with Crippen molar-refractivity contribution in [3.8, 4) is 0 Å². The number of nitrogens with one attached hydrogen (secondary N) is 1. The van der Waals surface area contributed by atoms with E-state index < -0.39 is 5.82 Å². The summed E-state index contributed by atoms with van der Waals surface area (Å²) in [4.78, 5) is 12.1. The summed E-state index contributed by atoms with van der Waals surface area (Å²) < 4.78 is 16.0. The van der Waals surface area contributed by atoms with Gasteiger partial charge in [-0.05, 0) is 17.7 Å². The van der Waals surface area contributed by atoms with E-state index in [1.54, 1.807) is 23.0 Å². The van der Waals surface area contributed by atoms with Crippen LogP contribution in [0.1, 0.15) is 22.1 Å². The highest BCUT2D eigenvalue weighted by atomic mass is 79.9. The molecule has 1 saturated heterocycles. The van der Waals surface area contributed by atoms with E-state index in [0.717, 1.165) is 13.1 Å². The van der Waals surface area contributed by atoms with Crippen LogP contribution in [0.3, 0.4) is 0 Å². The monoisotopic (exact) mass is 338 g/mol. The lowest BCUT2D eigenvalue weighted by Crippen LogP contribution is -2.43. The van der Waals surface area contributed by atoms with Crippen LogP contribution in [0.4, 0.5) is 4.39 Å². The van der Waals surface area contributed by atoms with Gasteiger partial charge in [-0.15, -0.1) is 5.10 Å². The van der Waals surface area contributed by atoms with Crippen LogP contribution in [0.5, 0.6) is 0 Å². The first-order chi connectivity index (χ1) is 9.63. The van der Waals surface area contributed by atoms with E-state index >= 15 is 0 Å². The van der Waals surface area contributed by atoms with Gasteiger partial charge in [0.25, 0.3) is 0 Å². The summed E-state index contributed by atoms with van der Waals surface area (Å²) in [6.45, 7) is 1.66. The lowest BCUT2D eigenvalue weighted by atomic mass is 10.1. The van der Waals surface area contributed by atoms with Crippen molar-refractivity contribution in [1.29, 1.82) is 0 Å². The van der Waals surface area contributed by atoms with Crippen LogP contribution in [0, 0.1) is 5.82 Å². The number of aromatic nitrogens is 3. The summed E-state index contributed by atoms with van der Waals surface area (Å²) in [5, 5.41) is 10.9. The Morgan fingerprint density at radius 1 is 1.50 bits per heavy atom. The second kappa shape index (κ2) is 5.41. The minimum absolute atomic E-state index is 0.0132. The fourth-order valence-electron chi connectivity index (χ4n) is 1.97. The predicted octanol–water partition coefficient (Wildman–Crippen LogP) is 1.75. The Kier molecular flexibility index (Phi) is 3.62. The molecule has 1 N–H and O–H groups in total. The number of carbonyl (C=O) groups is 1. The molecule has 0 bridgehead atoms. The smallest absolute Gasteiger partial charge is 0.189 e. The minimum Gasteiger partial charge on any atom is -0.312 e. The third-order valence-electron chi connectivity index (χ3n) is 3.30. The molecule has 0 spiro atoms. The van der Waals surface area contributed by atoms with Crippen LogP contribution in [-0.4, -0.2) is 33.9 Å². The Morgan fingerprint density at radius 3 is 2.95 bits per heavy atom. The molecule has 20 heavy (non-hydrogen) atoms. The molecular weight excluding hydrogens is 327 g/mol. The maximum Gasteiger partial charge on any atom is 0.189 e. The van der Waals surface area contributed by atoms with Gasteiger partial charge in [0.05, 0.1) is 12.2 Å². The molecule has 5 nitrogen and oxygen atoms in total. The first-order valence-electron chi connectivity index (χ1n) is 6.23. The first kappa shape index (κ1) is 13.4. The molecule has 1 aliphatic heterocycles. The van der Waals surface area contributed by atoms with E-state index in [1.165, 1.54) is 6.07 Å². The van der Waals surface area contributed by atoms with E-state index in [-0.39, 0.29) is 23.9 Å². The zero-order valence-corrected chi connectivity index (χ0v) is 12.1. The van der Waals surface area contributed by atoms with Crippen molar-refractivity contribution < 1.29 is 9.18 Å². The maximum absolute atomic E-state index is 13.7. The van der Waals surface area contributed by atoms with Crippen LogP contribution in [0.2, 0.25) is 0 Å². The highest BCUT2D eigenvalue weighted by molar-refractivity contribution is 9.10. The van der Waals surface area contributed by atoms with Crippen LogP contribution < -0.4 is 5.32 Å². The number of halogens is 2. The average Bonchev–Trinajstić information content (AvgIpc) is 2.80. The van der Waals surface area contributed by atoms with Gasteiger partial charge in [-0.25, -0.2) is 9.07 Å². The summed E-state index contributed by atoms with van der Waals surface area (Å²) in [6, 6.07) is 4.91. The van der Waals surface area contributed by atoms with Crippen molar-refractivity contribution in [2.45, 2.75) is 12.5 Å². The van der Waals surface area contributed by atoms with Gasteiger partial charge in [0, 0.05) is 24.0 Å². The highest BCUT2D eigenvalue weighted by Gasteiger charge is 2.22. The third-order valence-corrected chi connectivity index (χ3v) is 3.79. The molecule has 3 rings (SSSR count). The van der Waals surface area contributed by atoms with E-state index in [1.807, 2.05) is 0 Å². The van der Waals surface area contributed by atoms with Crippen LogP contribution in [-0.2, 0) is 6.42 Å². The number of carbonyl (C=O) groups excluding carboxylic acids is 1. The molecule has 0 amide bonds. The molecule has 0 radical (unpaired) electrons. The van der Waals surface area contributed by atoms with Crippen molar-refractivity contribution >= 4 is 21.7 Å². The lowest BCUT2D eigenvalue weighted by Gasteiger charge is -2.26. The van der Waals surface area contributed by atoms with E-state index in [9.17, 15) is 9.18 Å². The second-order valence-electron chi connectivity index (χ2n) is 4.73. The summed E-state index contributed by atoms with van der Waals surface area (Å²) in [5.74, 6) is -0.631. The molecular formula is C13H12BrFN4O. The number of nitrogens with zero attached hydrogens (tertiary/aromatic N) is 3. The largest absolute Gasteiger partial charge is 0.312 e. The predicted molar refractivity (Wildman–Crippen MR) is 74.1 cm³/mol. The summed E-state index contributed by atoms with van der Waals surface area (Å²) in [7, 11) is 0. The summed E-state index contributed by atoms with van der Waals surface area (Å²) >= 11 is 3.18. The standard InChI is InChI=1S/C13H12BrFN4O/c14-9-2-1-8(11(15)4-9)3-13(20)12-7-19(18-17-12)10-5-16-6-10/h1-2,4,7,10,16H,3,5-6H2.